The average molecular weight is 377 g/mol. The van der Waals surface area contributed by atoms with Crippen molar-refractivity contribution >= 4 is 12.0 Å². The molecule has 0 N–H and O–H groups in total. The molecule has 3 rings (SSSR count). The summed E-state index contributed by atoms with van der Waals surface area (Å²) in [7, 11) is 0. The van der Waals surface area contributed by atoms with Crippen LogP contribution in [0.1, 0.15) is 57.4 Å². The van der Waals surface area contributed by atoms with Crippen molar-refractivity contribution in [2.75, 3.05) is 0 Å². The van der Waals surface area contributed by atoms with Crippen molar-refractivity contribution in [1.29, 1.82) is 0 Å². The van der Waals surface area contributed by atoms with Gasteiger partial charge in [-0.25, -0.2) is 0 Å². The zero-order chi connectivity index (χ0) is 17.7. The number of benzene rings is 1. The monoisotopic (exact) mass is 376 g/mol. The minimum absolute atomic E-state index is 0. The Bertz CT molecular complexity index is 733. The van der Waals surface area contributed by atoms with Gasteiger partial charge >= 0.3 is 51.4 Å². The first-order valence-electron chi connectivity index (χ1n) is 9.28. The number of hydrogen-bond donors (Lipinski definition) is 0. The molecule has 0 radical (unpaired) electrons. The number of rotatable bonds is 8. The van der Waals surface area contributed by atoms with Crippen LogP contribution in [0.2, 0.25) is 0 Å². The van der Waals surface area contributed by atoms with Gasteiger partial charge in [-0.2, -0.15) is 0 Å². The van der Waals surface area contributed by atoms with Crippen molar-refractivity contribution in [1.82, 2.24) is 0 Å². The predicted octanol–water partition coefficient (Wildman–Crippen LogP) is 1.41. The fraction of sp³-hybridized carbons (Fsp3) is 0.409. The SMILES string of the molecule is CCCCCCCCC1(C(=O)[O-])C=CC=C2Oc3ccccc3C=C21.[K+]. The number of allylic oxidation sites excluding steroid dienone is 3. The first-order chi connectivity index (χ1) is 12.2. The second-order valence-electron chi connectivity index (χ2n) is 6.86. The molecule has 0 bridgehead atoms. The van der Waals surface area contributed by atoms with Crippen LogP contribution in [-0.2, 0) is 4.79 Å². The molecule has 1 aromatic carbocycles. The van der Waals surface area contributed by atoms with Gasteiger partial charge in [0.25, 0.3) is 0 Å². The van der Waals surface area contributed by atoms with Gasteiger partial charge in [-0.3, -0.25) is 0 Å². The van der Waals surface area contributed by atoms with E-state index in [-0.39, 0.29) is 51.4 Å². The van der Waals surface area contributed by atoms with Crippen molar-refractivity contribution in [2.45, 2.75) is 51.9 Å². The van der Waals surface area contributed by atoms with E-state index in [4.69, 9.17) is 4.74 Å². The Labute approximate surface area is 198 Å². The van der Waals surface area contributed by atoms with E-state index in [1.807, 2.05) is 36.4 Å². The summed E-state index contributed by atoms with van der Waals surface area (Å²) in [5, 5.41) is 12.1. The average Bonchev–Trinajstić information content (AvgIpc) is 2.63. The Morgan fingerprint density at radius 2 is 1.85 bits per heavy atom. The molecular formula is C22H25KO3. The third kappa shape index (κ3) is 4.60. The molecule has 4 heteroatoms. The maximum atomic E-state index is 12.1. The van der Waals surface area contributed by atoms with Gasteiger partial charge in [0.1, 0.15) is 11.5 Å². The number of carboxylic acids is 1. The van der Waals surface area contributed by atoms with Gasteiger partial charge in [-0.15, -0.1) is 0 Å². The normalized spacial score (nSPS) is 20.0. The largest absolute Gasteiger partial charge is 1.00 e. The summed E-state index contributed by atoms with van der Waals surface area (Å²) in [5.41, 5.74) is 0.531. The molecule has 0 fully saturated rings. The predicted molar refractivity (Wildman–Crippen MR) is 97.7 cm³/mol. The minimum atomic E-state index is -1.09. The van der Waals surface area contributed by atoms with E-state index in [0.717, 1.165) is 30.6 Å². The van der Waals surface area contributed by atoms with Gasteiger partial charge in [0.15, 0.2) is 0 Å². The van der Waals surface area contributed by atoms with Crippen molar-refractivity contribution in [2.24, 2.45) is 5.41 Å². The Kier molecular flexibility index (Phi) is 8.36. The first-order valence-corrected chi connectivity index (χ1v) is 9.28. The molecule has 132 valence electrons. The summed E-state index contributed by atoms with van der Waals surface area (Å²) < 4.78 is 5.95. The van der Waals surface area contributed by atoms with E-state index in [1.165, 1.54) is 19.3 Å². The van der Waals surface area contributed by atoms with Gasteiger partial charge in [0.2, 0.25) is 0 Å². The third-order valence-corrected chi connectivity index (χ3v) is 5.10. The van der Waals surface area contributed by atoms with Crippen LogP contribution in [0.4, 0.5) is 0 Å². The van der Waals surface area contributed by atoms with Crippen LogP contribution in [0.15, 0.2) is 53.8 Å². The topological polar surface area (TPSA) is 49.4 Å². The molecule has 1 heterocycles. The summed E-state index contributed by atoms with van der Waals surface area (Å²) in [6.45, 7) is 2.19. The van der Waals surface area contributed by atoms with E-state index < -0.39 is 11.4 Å². The van der Waals surface area contributed by atoms with Crippen LogP contribution in [0.3, 0.4) is 0 Å². The molecule has 1 aliphatic heterocycles. The summed E-state index contributed by atoms with van der Waals surface area (Å²) in [4.78, 5) is 12.1. The number of unbranched alkanes of at least 4 members (excludes halogenated alkanes) is 5. The maximum Gasteiger partial charge on any atom is 1.00 e. The van der Waals surface area contributed by atoms with E-state index in [9.17, 15) is 9.90 Å². The molecule has 26 heavy (non-hydrogen) atoms. The van der Waals surface area contributed by atoms with Crippen molar-refractivity contribution < 1.29 is 66.0 Å². The van der Waals surface area contributed by atoms with Crippen LogP contribution in [-0.4, -0.2) is 5.97 Å². The second kappa shape index (κ2) is 10.0. The van der Waals surface area contributed by atoms with Crippen molar-refractivity contribution in [3.63, 3.8) is 0 Å². The molecule has 1 aromatic rings. The van der Waals surface area contributed by atoms with Crippen molar-refractivity contribution in [3.8, 4) is 5.75 Å². The Balaban J connectivity index is 0.00000243. The summed E-state index contributed by atoms with van der Waals surface area (Å²) in [5.74, 6) is 0.341. The van der Waals surface area contributed by atoms with Crippen LogP contribution >= 0.6 is 0 Å². The molecule has 1 aliphatic carbocycles. The van der Waals surface area contributed by atoms with Crippen LogP contribution < -0.4 is 61.2 Å². The fourth-order valence-electron chi connectivity index (χ4n) is 3.64. The standard InChI is InChI=1S/C22H26O3.K/c1-2-3-4-5-6-9-14-22(21(23)24)15-10-13-20-18(22)16-17-11-7-8-12-19(17)25-20;/h7-8,10-13,15-16H,2-6,9,14H2,1H3,(H,23,24);/q;+1/p-1. The minimum Gasteiger partial charge on any atom is -0.549 e. The summed E-state index contributed by atoms with van der Waals surface area (Å²) in [6, 6.07) is 7.69. The first kappa shape index (κ1) is 21.6. The van der Waals surface area contributed by atoms with Crippen LogP contribution in [0, 0.1) is 5.41 Å². The molecule has 3 nitrogen and oxygen atoms in total. The molecule has 0 amide bonds. The second-order valence-corrected chi connectivity index (χ2v) is 6.86. The quantitative estimate of drug-likeness (QED) is 0.509. The number of carbonyl (C=O) groups is 1. The number of ether oxygens (including phenoxy) is 1. The fourth-order valence-corrected chi connectivity index (χ4v) is 3.64. The zero-order valence-electron chi connectivity index (χ0n) is 15.8. The van der Waals surface area contributed by atoms with E-state index in [1.54, 1.807) is 12.2 Å². The number of carboxylic acid groups (broad SMARTS) is 1. The third-order valence-electron chi connectivity index (χ3n) is 5.10. The van der Waals surface area contributed by atoms with Gasteiger partial charge in [-0.1, -0.05) is 75.8 Å². The molecule has 0 saturated heterocycles. The van der Waals surface area contributed by atoms with E-state index in [2.05, 4.69) is 6.92 Å². The summed E-state index contributed by atoms with van der Waals surface area (Å²) >= 11 is 0. The van der Waals surface area contributed by atoms with Gasteiger partial charge in [0, 0.05) is 11.1 Å². The number of carbonyl (C=O) groups excluding carboxylic acids is 1. The number of hydrogen-bond acceptors (Lipinski definition) is 3. The number of fused-ring (bicyclic) bond motifs is 2. The molecule has 0 saturated carbocycles. The summed E-state index contributed by atoms with van der Waals surface area (Å²) in [6.07, 6.45) is 14.6. The Hall–Kier alpha value is -0.654. The molecule has 1 unspecified atom stereocenters. The Morgan fingerprint density at radius 3 is 2.62 bits per heavy atom. The molecular weight excluding hydrogens is 351 g/mol. The van der Waals surface area contributed by atoms with Crippen molar-refractivity contribution in [3.05, 3.63) is 59.4 Å². The molecule has 2 aliphatic rings. The molecule has 0 spiro atoms. The van der Waals surface area contributed by atoms with Gasteiger partial charge < -0.3 is 14.6 Å². The zero-order valence-corrected chi connectivity index (χ0v) is 18.9. The van der Waals surface area contributed by atoms with Gasteiger partial charge in [0.05, 0.1) is 11.4 Å². The van der Waals surface area contributed by atoms with Crippen LogP contribution in [0.5, 0.6) is 5.75 Å². The maximum absolute atomic E-state index is 12.1. The number of aliphatic carboxylic acids is 1. The van der Waals surface area contributed by atoms with Gasteiger partial charge in [-0.05, 0) is 24.6 Å². The van der Waals surface area contributed by atoms with E-state index in [0.29, 0.717) is 17.8 Å². The van der Waals surface area contributed by atoms with E-state index >= 15 is 0 Å². The van der Waals surface area contributed by atoms with Crippen LogP contribution in [0.25, 0.3) is 6.08 Å². The molecule has 1 atom stereocenters. The smallest absolute Gasteiger partial charge is 0.549 e. The Morgan fingerprint density at radius 1 is 1.12 bits per heavy atom. The molecule has 0 aromatic heterocycles. The number of para-hydroxylation sites is 1.